The molecule has 1 aromatic carbocycles. The first-order chi connectivity index (χ1) is 14.6. The van der Waals surface area contributed by atoms with Crippen LogP contribution in [0.5, 0.6) is 11.5 Å². The van der Waals surface area contributed by atoms with E-state index in [1.807, 2.05) is 0 Å². The largest absolute Gasteiger partial charge is 0.504 e. The third-order valence-corrected chi connectivity index (χ3v) is 8.89. The smallest absolute Gasteiger partial charge is 0.327 e. The second-order valence-electron chi connectivity index (χ2n) is 9.38. The Bertz CT molecular complexity index is 946. The third-order valence-electron chi connectivity index (χ3n) is 7.69. The minimum atomic E-state index is -1.15. The van der Waals surface area contributed by atoms with Gasteiger partial charge in [-0.3, -0.25) is 9.59 Å². The molecule has 168 valence electrons. The molecular formula is C23H29NO6S. The SMILES string of the molecule is CC(=O)N[C@@H](CSc1c(O)c(O)cc2c1[C@H]1CC[C@]3(C)C(=O)CC[C@H]3[C@@H]1CC2)C(=O)O. The van der Waals surface area contributed by atoms with Crippen LogP contribution in [0.25, 0.3) is 0 Å². The van der Waals surface area contributed by atoms with E-state index in [1.165, 1.54) is 6.92 Å². The van der Waals surface area contributed by atoms with Gasteiger partial charge in [-0.05, 0) is 67.1 Å². The van der Waals surface area contributed by atoms with E-state index in [-0.39, 0.29) is 28.6 Å². The summed E-state index contributed by atoms with van der Waals surface area (Å²) in [5.74, 6) is -0.779. The highest BCUT2D eigenvalue weighted by Gasteiger charge is 2.55. The number of benzene rings is 1. The predicted molar refractivity (Wildman–Crippen MR) is 115 cm³/mol. The number of rotatable bonds is 5. The van der Waals surface area contributed by atoms with Crippen molar-refractivity contribution in [1.82, 2.24) is 5.32 Å². The number of carboxylic acid groups (broad SMARTS) is 1. The van der Waals surface area contributed by atoms with Crippen LogP contribution in [0.3, 0.4) is 0 Å². The third kappa shape index (κ3) is 3.69. The maximum atomic E-state index is 12.6. The van der Waals surface area contributed by atoms with E-state index in [0.717, 1.165) is 55.0 Å². The summed E-state index contributed by atoms with van der Waals surface area (Å²) in [5.41, 5.74) is 1.72. The second kappa shape index (κ2) is 8.04. The topological polar surface area (TPSA) is 124 Å². The van der Waals surface area contributed by atoms with Gasteiger partial charge < -0.3 is 20.6 Å². The molecule has 7 nitrogen and oxygen atoms in total. The molecule has 2 fully saturated rings. The predicted octanol–water partition coefficient (Wildman–Crippen LogP) is 3.20. The van der Waals surface area contributed by atoms with Crippen molar-refractivity contribution in [2.24, 2.45) is 17.3 Å². The van der Waals surface area contributed by atoms with Crippen molar-refractivity contribution in [3.63, 3.8) is 0 Å². The Morgan fingerprint density at radius 3 is 2.68 bits per heavy atom. The van der Waals surface area contributed by atoms with Crippen LogP contribution in [0.1, 0.15) is 63.0 Å². The van der Waals surface area contributed by atoms with Crippen molar-refractivity contribution in [1.29, 1.82) is 0 Å². The van der Waals surface area contributed by atoms with E-state index in [0.29, 0.717) is 28.9 Å². The molecule has 1 aromatic rings. The van der Waals surface area contributed by atoms with E-state index in [2.05, 4.69) is 12.2 Å². The van der Waals surface area contributed by atoms with Crippen molar-refractivity contribution in [2.45, 2.75) is 69.2 Å². The lowest BCUT2D eigenvalue weighted by atomic mass is 9.55. The number of hydrogen-bond acceptors (Lipinski definition) is 6. The summed E-state index contributed by atoms with van der Waals surface area (Å²) >= 11 is 1.16. The van der Waals surface area contributed by atoms with Gasteiger partial charge in [0.25, 0.3) is 0 Å². The normalized spacial score (nSPS) is 30.1. The summed E-state index contributed by atoms with van der Waals surface area (Å²) in [6, 6.07) is 0.530. The van der Waals surface area contributed by atoms with Gasteiger partial charge in [0, 0.05) is 24.5 Å². The Kier molecular flexibility index (Phi) is 5.70. The number of fused-ring (bicyclic) bond motifs is 5. The number of carbonyl (C=O) groups is 3. The number of phenols is 2. The summed E-state index contributed by atoms with van der Waals surface area (Å²) in [5, 5.41) is 32.9. The molecule has 0 bridgehead atoms. The fourth-order valence-electron chi connectivity index (χ4n) is 6.19. The van der Waals surface area contributed by atoms with Gasteiger partial charge in [0.2, 0.25) is 5.91 Å². The van der Waals surface area contributed by atoms with Crippen molar-refractivity contribution < 1.29 is 29.7 Å². The number of phenolic OH excluding ortho intramolecular Hbond substituents is 2. The van der Waals surface area contributed by atoms with Crippen LogP contribution in [0.15, 0.2) is 11.0 Å². The van der Waals surface area contributed by atoms with Gasteiger partial charge in [0.05, 0.1) is 4.90 Å². The molecule has 1 amide bonds. The van der Waals surface area contributed by atoms with Gasteiger partial charge in [-0.15, -0.1) is 11.8 Å². The molecule has 3 aliphatic rings. The lowest BCUT2D eigenvalue weighted by Crippen LogP contribution is -2.43. The van der Waals surface area contributed by atoms with Gasteiger partial charge in [0.15, 0.2) is 11.5 Å². The highest BCUT2D eigenvalue weighted by atomic mass is 32.2. The zero-order chi connectivity index (χ0) is 22.5. The van der Waals surface area contributed by atoms with E-state index in [1.54, 1.807) is 6.07 Å². The number of nitrogens with one attached hydrogen (secondary N) is 1. The van der Waals surface area contributed by atoms with Gasteiger partial charge in [-0.25, -0.2) is 4.79 Å². The summed E-state index contributed by atoms with van der Waals surface area (Å²) < 4.78 is 0. The van der Waals surface area contributed by atoms with Crippen molar-refractivity contribution >= 4 is 29.4 Å². The van der Waals surface area contributed by atoms with Crippen LogP contribution in [-0.4, -0.2) is 44.8 Å². The summed E-state index contributed by atoms with van der Waals surface area (Å²) in [4.78, 5) is 36.0. The molecule has 0 saturated heterocycles. The Morgan fingerprint density at radius 2 is 2.00 bits per heavy atom. The summed E-state index contributed by atoms with van der Waals surface area (Å²) in [7, 11) is 0. The first kappa shape index (κ1) is 22.0. The van der Waals surface area contributed by atoms with Crippen LogP contribution >= 0.6 is 11.8 Å². The molecule has 4 rings (SSSR count). The van der Waals surface area contributed by atoms with E-state index < -0.39 is 17.9 Å². The molecule has 2 saturated carbocycles. The average molecular weight is 448 g/mol. The number of hydrogen-bond donors (Lipinski definition) is 4. The van der Waals surface area contributed by atoms with E-state index in [4.69, 9.17) is 0 Å². The molecule has 31 heavy (non-hydrogen) atoms. The monoisotopic (exact) mass is 447 g/mol. The molecule has 0 aromatic heterocycles. The molecule has 5 atom stereocenters. The number of Topliss-reactive ketones (excluding diaryl/α,β-unsaturated/α-hetero) is 1. The minimum Gasteiger partial charge on any atom is -0.504 e. The van der Waals surface area contributed by atoms with Crippen LogP contribution in [0.2, 0.25) is 0 Å². The summed E-state index contributed by atoms with van der Waals surface area (Å²) in [6.45, 7) is 3.37. The zero-order valence-corrected chi connectivity index (χ0v) is 18.6. The Labute approximate surface area is 185 Å². The Balaban J connectivity index is 1.68. The van der Waals surface area contributed by atoms with Crippen molar-refractivity contribution in [2.75, 3.05) is 5.75 Å². The second-order valence-corrected chi connectivity index (χ2v) is 10.4. The standard InChI is InChI=1S/C23H29NO6S/c1-11(25)24-16(22(29)30)10-31-21-19-12(9-17(26)20(21)28)3-4-13-14(19)7-8-23(2)15(13)5-6-18(23)27/h9,13-16,26,28H,3-8,10H2,1-2H3,(H,24,25)(H,29,30)/t13-,14+,15+,16+,23+/m1/s1. The number of carboxylic acids is 1. The molecule has 0 aliphatic heterocycles. The first-order valence-corrected chi connectivity index (χ1v) is 11.9. The van der Waals surface area contributed by atoms with Gasteiger partial charge in [0.1, 0.15) is 11.8 Å². The van der Waals surface area contributed by atoms with Crippen molar-refractivity contribution in [3.05, 3.63) is 17.2 Å². The van der Waals surface area contributed by atoms with Gasteiger partial charge in [-0.1, -0.05) is 6.92 Å². The number of aliphatic carboxylic acids is 1. The Morgan fingerprint density at radius 1 is 1.26 bits per heavy atom. The van der Waals surface area contributed by atoms with Crippen LogP contribution in [0, 0.1) is 17.3 Å². The van der Waals surface area contributed by atoms with Gasteiger partial charge in [-0.2, -0.15) is 0 Å². The average Bonchev–Trinajstić information content (AvgIpc) is 3.01. The molecule has 8 heteroatoms. The molecule has 4 N–H and O–H groups in total. The highest BCUT2D eigenvalue weighted by Crippen LogP contribution is 2.61. The Hall–Kier alpha value is -2.22. The number of amides is 1. The molecule has 0 unspecified atom stereocenters. The van der Waals surface area contributed by atoms with Gasteiger partial charge >= 0.3 is 5.97 Å². The maximum absolute atomic E-state index is 12.6. The quantitative estimate of drug-likeness (QED) is 0.404. The molecule has 3 aliphatic carbocycles. The molecule has 0 spiro atoms. The number of ketones is 1. The fraction of sp³-hybridized carbons (Fsp3) is 0.609. The van der Waals surface area contributed by atoms with Crippen LogP contribution in [0.4, 0.5) is 0 Å². The number of aryl methyl sites for hydroxylation is 1. The lowest BCUT2D eigenvalue weighted by Gasteiger charge is -2.48. The number of carbonyl (C=O) groups excluding carboxylic acids is 2. The van der Waals surface area contributed by atoms with Crippen molar-refractivity contribution in [3.8, 4) is 11.5 Å². The van der Waals surface area contributed by atoms with Crippen LogP contribution in [-0.2, 0) is 20.8 Å². The number of aromatic hydroxyl groups is 2. The summed E-state index contributed by atoms with van der Waals surface area (Å²) in [6.07, 6.45) is 4.89. The first-order valence-electron chi connectivity index (χ1n) is 10.9. The molecular weight excluding hydrogens is 418 g/mol. The number of thioether (sulfide) groups is 1. The molecule has 0 radical (unpaired) electrons. The van der Waals surface area contributed by atoms with Crippen LogP contribution < -0.4 is 5.32 Å². The fourth-order valence-corrected chi connectivity index (χ4v) is 7.43. The van der Waals surface area contributed by atoms with E-state index in [9.17, 15) is 29.7 Å². The van der Waals surface area contributed by atoms with E-state index >= 15 is 0 Å². The lowest BCUT2D eigenvalue weighted by molar-refractivity contribution is -0.140. The minimum absolute atomic E-state index is 0.0371. The zero-order valence-electron chi connectivity index (χ0n) is 17.8. The highest BCUT2D eigenvalue weighted by molar-refractivity contribution is 7.99. The molecule has 0 heterocycles. The maximum Gasteiger partial charge on any atom is 0.327 e.